The average Bonchev–Trinajstić information content (AvgIpc) is 2.33. The third-order valence-corrected chi connectivity index (χ3v) is 2.80. The standard InChI is InChI=1S/C15H24N2O2/c1-11-5-7-13(19-4)12(9-11)6-8-14(18)17-10-15(2,3)16/h5,7,9H,6,8,10,16H2,1-4H3,(H,17,18). The van der Waals surface area contributed by atoms with E-state index in [1.807, 2.05) is 32.9 Å². The Labute approximate surface area is 115 Å². The number of hydrogen-bond donors (Lipinski definition) is 2. The zero-order valence-corrected chi connectivity index (χ0v) is 12.2. The van der Waals surface area contributed by atoms with E-state index in [1.165, 1.54) is 5.56 Å². The minimum atomic E-state index is -0.378. The molecule has 1 rings (SSSR count). The molecule has 0 fully saturated rings. The van der Waals surface area contributed by atoms with E-state index in [1.54, 1.807) is 7.11 Å². The molecule has 0 heterocycles. The maximum Gasteiger partial charge on any atom is 0.220 e. The fourth-order valence-electron chi connectivity index (χ4n) is 1.77. The van der Waals surface area contributed by atoms with Crippen LogP contribution in [-0.2, 0) is 11.2 Å². The summed E-state index contributed by atoms with van der Waals surface area (Å²) >= 11 is 0. The van der Waals surface area contributed by atoms with Gasteiger partial charge in [0.2, 0.25) is 5.91 Å². The monoisotopic (exact) mass is 264 g/mol. The number of nitrogens with one attached hydrogen (secondary N) is 1. The molecule has 1 aromatic carbocycles. The van der Waals surface area contributed by atoms with Crippen molar-refractivity contribution in [1.82, 2.24) is 5.32 Å². The van der Waals surface area contributed by atoms with Crippen molar-refractivity contribution >= 4 is 5.91 Å². The normalized spacial score (nSPS) is 11.2. The quantitative estimate of drug-likeness (QED) is 0.823. The predicted molar refractivity (Wildman–Crippen MR) is 77.3 cm³/mol. The van der Waals surface area contributed by atoms with Crippen molar-refractivity contribution in [3.8, 4) is 5.75 Å². The van der Waals surface area contributed by atoms with Gasteiger partial charge in [-0.1, -0.05) is 17.7 Å². The summed E-state index contributed by atoms with van der Waals surface area (Å²) in [6.45, 7) is 6.28. The predicted octanol–water partition coefficient (Wildman–Crippen LogP) is 1.79. The Morgan fingerprint density at radius 2 is 2.11 bits per heavy atom. The van der Waals surface area contributed by atoms with Crippen molar-refractivity contribution in [2.75, 3.05) is 13.7 Å². The molecule has 1 aromatic rings. The largest absolute Gasteiger partial charge is 0.496 e. The van der Waals surface area contributed by atoms with Crippen LogP contribution in [0.3, 0.4) is 0 Å². The molecule has 0 aromatic heterocycles. The first-order valence-electron chi connectivity index (χ1n) is 6.51. The number of amides is 1. The maximum absolute atomic E-state index is 11.7. The molecule has 0 saturated heterocycles. The van der Waals surface area contributed by atoms with E-state index in [-0.39, 0.29) is 11.4 Å². The summed E-state index contributed by atoms with van der Waals surface area (Å²) in [6.07, 6.45) is 1.11. The highest BCUT2D eigenvalue weighted by Gasteiger charge is 2.12. The van der Waals surface area contributed by atoms with Crippen LogP contribution in [0.1, 0.15) is 31.4 Å². The molecule has 0 saturated carbocycles. The zero-order valence-electron chi connectivity index (χ0n) is 12.2. The van der Waals surface area contributed by atoms with E-state index >= 15 is 0 Å². The second kappa shape index (κ2) is 6.57. The molecular formula is C15H24N2O2. The van der Waals surface area contributed by atoms with Crippen LogP contribution in [0.2, 0.25) is 0 Å². The lowest BCUT2D eigenvalue weighted by atomic mass is 10.0. The summed E-state index contributed by atoms with van der Waals surface area (Å²) in [4.78, 5) is 11.7. The topological polar surface area (TPSA) is 64.3 Å². The van der Waals surface area contributed by atoms with Gasteiger partial charge in [0.15, 0.2) is 0 Å². The highest BCUT2D eigenvalue weighted by Crippen LogP contribution is 2.20. The molecule has 106 valence electrons. The van der Waals surface area contributed by atoms with Gasteiger partial charge in [-0.15, -0.1) is 0 Å². The molecule has 0 aliphatic rings. The number of rotatable bonds is 6. The zero-order chi connectivity index (χ0) is 14.5. The van der Waals surface area contributed by atoms with E-state index in [0.29, 0.717) is 19.4 Å². The summed E-state index contributed by atoms with van der Waals surface area (Å²) < 4.78 is 5.30. The van der Waals surface area contributed by atoms with Gasteiger partial charge in [0.05, 0.1) is 7.11 Å². The lowest BCUT2D eigenvalue weighted by Gasteiger charge is -2.19. The molecule has 0 radical (unpaired) electrons. The third-order valence-electron chi connectivity index (χ3n) is 2.80. The van der Waals surface area contributed by atoms with Crippen LogP contribution in [0.15, 0.2) is 18.2 Å². The number of benzene rings is 1. The van der Waals surface area contributed by atoms with Crippen molar-refractivity contribution in [3.63, 3.8) is 0 Å². The average molecular weight is 264 g/mol. The van der Waals surface area contributed by atoms with E-state index in [9.17, 15) is 4.79 Å². The molecular weight excluding hydrogens is 240 g/mol. The second-order valence-electron chi connectivity index (χ2n) is 5.58. The van der Waals surface area contributed by atoms with Gasteiger partial charge in [0.25, 0.3) is 0 Å². The molecule has 0 bridgehead atoms. The summed E-state index contributed by atoms with van der Waals surface area (Å²) in [5, 5.41) is 2.84. The van der Waals surface area contributed by atoms with Crippen molar-refractivity contribution in [2.24, 2.45) is 5.73 Å². The lowest BCUT2D eigenvalue weighted by molar-refractivity contribution is -0.121. The highest BCUT2D eigenvalue weighted by molar-refractivity contribution is 5.76. The summed E-state index contributed by atoms with van der Waals surface area (Å²) in [7, 11) is 1.64. The van der Waals surface area contributed by atoms with Crippen LogP contribution in [0.4, 0.5) is 0 Å². The van der Waals surface area contributed by atoms with Crippen LogP contribution in [0.5, 0.6) is 5.75 Å². The van der Waals surface area contributed by atoms with Crippen molar-refractivity contribution in [2.45, 2.75) is 39.2 Å². The van der Waals surface area contributed by atoms with Crippen molar-refractivity contribution in [3.05, 3.63) is 29.3 Å². The number of nitrogens with two attached hydrogens (primary N) is 1. The first-order valence-corrected chi connectivity index (χ1v) is 6.51. The van der Waals surface area contributed by atoms with Crippen LogP contribution in [-0.4, -0.2) is 25.1 Å². The summed E-state index contributed by atoms with van der Waals surface area (Å²) in [6, 6.07) is 5.99. The molecule has 19 heavy (non-hydrogen) atoms. The fourth-order valence-corrected chi connectivity index (χ4v) is 1.77. The highest BCUT2D eigenvalue weighted by atomic mass is 16.5. The summed E-state index contributed by atoms with van der Waals surface area (Å²) in [5.74, 6) is 0.847. The van der Waals surface area contributed by atoms with Gasteiger partial charge < -0.3 is 15.8 Å². The van der Waals surface area contributed by atoms with Crippen molar-refractivity contribution < 1.29 is 9.53 Å². The van der Waals surface area contributed by atoms with E-state index < -0.39 is 0 Å². The van der Waals surface area contributed by atoms with E-state index in [0.717, 1.165) is 11.3 Å². The molecule has 1 amide bonds. The Morgan fingerprint density at radius 1 is 1.42 bits per heavy atom. The molecule has 4 heteroatoms. The van der Waals surface area contributed by atoms with Gasteiger partial charge in [-0.2, -0.15) is 0 Å². The Morgan fingerprint density at radius 3 is 2.68 bits per heavy atom. The SMILES string of the molecule is COc1ccc(C)cc1CCC(=O)NCC(C)(C)N. The number of methoxy groups -OCH3 is 1. The molecule has 4 nitrogen and oxygen atoms in total. The van der Waals surface area contributed by atoms with Gasteiger partial charge in [0.1, 0.15) is 5.75 Å². The molecule has 0 aliphatic carbocycles. The fraction of sp³-hybridized carbons (Fsp3) is 0.533. The van der Waals surface area contributed by atoms with Gasteiger partial charge in [0, 0.05) is 18.5 Å². The Hall–Kier alpha value is -1.55. The van der Waals surface area contributed by atoms with Gasteiger partial charge in [-0.25, -0.2) is 0 Å². The Kier molecular flexibility index (Phi) is 5.36. The number of ether oxygens (including phenoxy) is 1. The molecule has 0 spiro atoms. The maximum atomic E-state index is 11.7. The molecule has 0 aliphatic heterocycles. The molecule has 0 atom stereocenters. The van der Waals surface area contributed by atoms with E-state index in [4.69, 9.17) is 10.5 Å². The molecule has 3 N–H and O–H groups in total. The van der Waals surface area contributed by atoms with Crippen LogP contribution < -0.4 is 15.8 Å². The lowest BCUT2D eigenvalue weighted by Crippen LogP contribution is -2.45. The first kappa shape index (κ1) is 15.5. The minimum absolute atomic E-state index is 0.0158. The van der Waals surface area contributed by atoms with Gasteiger partial charge >= 0.3 is 0 Å². The number of aryl methyl sites for hydroxylation is 2. The van der Waals surface area contributed by atoms with Gasteiger partial charge in [-0.3, -0.25) is 4.79 Å². The van der Waals surface area contributed by atoms with Crippen LogP contribution in [0, 0.1) is 6.92 Å². The van der Waals surface area contributed by atoms with Gasteiger partial charge in [-0.05, 0) is 38.8 Å². The number of carbonyl (C=O) groups is 1. The third kappa shape index (κ3) is 5.75. The van der Waals surface area contributed by atoms with Crippen molar-refractivity contribution in [1.29, 1.82) is 0 Å². The number of hydrogen-bond acceptors (Lipinski definition) is 3. The summed E-state index contributed by atoms with van der Waals surface area (Å²) in [5.41, 5.74) is 7.67. The smallest absolute Gasteiger partial charge is 0.220 e. The Balaban J connectivity index is 2.52. The van der Waals surface area contributed by atoms with Crippen LogP contribution >= 0.6 is 0 Å². The minimum Gasteiger partial charge on any atom is -0.496 e. The second-order valence-corrected chi connectivity index (χ2v) is 5.58. The van der Waals surface area contributed by atoms with E-state index in [2.05, 4.69) is 11.4 Å². The van der Waals surface area contributed by atoms with Crippen LogP contribution in [0.25, 0.3) is 0 Å². The Bertz CT molecular complexity index is 436. The first-order chi connectivity index (χ1) is 8.81. The number of carbonyl (C=O) groups excluding carboxylic acids is 1. The molecule has 0 unspecified atom stereocenters.